The van der Waals surface area contributed by atoms with Crippen LogP contribution in [0, 0.1) is 12.7 Å². The highest BCUT2D eigenvalue weighted by Gasteiger charge is 2.16. The lowest BCUT2D eigenvalue weighted by atomic mass is 9.96. The molecule has 3 aromatic carbocycles. The Morgan fingerprint density at radius 1 is 0.900 bits per heavy atom. The zero-order chi connectivity index (χ0) is 14.1. The van der Waals surface area contributed by atoms with E-state index in [-0.39, 0.29) is 11.3 Å². The molecule has 3 rings (SSSR count). The molecule has 98 valence electrons. The van der Waals surface area contributed by atoms with Gasteiger partial charge < -0.3 is 0 Å². The Labute approximate surface area is 116 Å². The fourth-order valence-electron chi connectivity index (χ4n) is 2.38. The van der Waals surface area contributed by atoms with Crippen molar-refractivity contribution in [3.8, 4) is 0 Å². The Kier molecular flexibility index (Phi) is 3.07. The molecule has 0 spiro atoms. The number of carbonyl (C=O) groups is 1. The van der Waals surface area contributed by atoms with E-state index in [2.05, 4.69) is 0 Å². The van der Waals surface area contributed by atoms with E-state index in [1.165, 1.54) is 6.07 Å². The highest BCUT2D eigenvalue weighted by Crippen LogP contribution is 2.23. The first kappa shape index (κ1) is 12.5. The van der Waals surface area contributed by atoms with Crippen molar-refractivity contribution in [1.29, 1.82) is 0 Å². The SMILES string of the molecule is Cc1ccc(F)c(C(=O)c2cccc3ccccc23)c1. The van der Waals surface area contributed by atoms with Crippen LogP contribution >= 0.6 is 0 Å². The molecule has 0 atom stereocenters. The van der Waals surface area contributed by atoms with Crippen LogP contribution in [0.1, 0.15) is 21.5 Å². The molecular weight excluding hydrogens is 251 g/mol. The first-order valence-corrected chi connectivity index (χ1v) is 6.45. The fourth-order valence-corrected chi connectivity index (χ4v) is 2.38. The topological polar surface area (TPSA) is 17.1 Å². The maximum absolute atomic E-state index is 13.9. The molecule has 20 heavy (non-hydrogen) atoms. The second kappa shape index (κ2) is 4.89. The van der Waals surface area contributed by atoms with Crippen molar-refractivity contribution in [3.63, 3.8) is 0 Å². The van der Waals surface area contributed by atoms with Gasteiger partial charge in [-0.25, -0.2) is 4.39 Å². The van der Waals surface area contributed by atoms with Gasteiger partial charge in [0.15, 0.2) is 5.78 Å². The van der Waals surface area contributed by atoms with E-state index in [1.807, 2.05) is 43.3 Å². The van der Waals surface area contributed by atoms with Crippen LogP contribution in [-0.4, -0.2) is 5.78 Å². The normalized spacial score (nSPS) is 10.7. The van der Waals surface area contributed by atoms with Crippen LogP contribution in [0.4, 0.5) is 4.39 Å². The molecule has 0 fully saturated rings. The third kappa shape index (κ3) is 2.10. The number of fused-ring (bicyclic) bond motifs is 1. The molecule has 0 unspecified atom stereocenters. The molecule has 0 bridgehead atoms. The van der Waals surface area contributed by atoms with Gasteiger partial charge >= 0.3 is 0 Å². The van der Waals surface area contributed by atoms with Crippen molar-refractivity contribution in [2.24, 2.45) is 0 Å². The van der Waals surface area contributed by atoms with Crippen LogP contribution in [0.5, 0.6) is 0 Å². The Morgan fingerprint density at radius 3 is 2.50 bits per heavy atom. The van der Waals surface area contributed by atoms with E-state index in [0.29, 0.717) is 5.56 Å². The predicted molar refractivity (Wildman–Crippen MR) is 78.5 cm³/mol. The maximum Gasteiger partial charge on any atom is 0.196 e. The number of ketones is 1. The lowest BCUT2D eigenvalue weighted by Gasteiger charge is -2.07. The van der Waals surface area contributed by atoms with Crippen molar-refractivity contribution < 1.29 is 9.18 Å². The molecule has 0 saturated heterocycles. The largest absolute Gasteiger partial charge is 0.288 e. The summed E-state index contributed by atoms with van der Waals surface area (Å²) in [4.78, 5) is 12.6. The Bertz CT molecular complexity index is 800. The van der Waals surface area contributed by atoms with Crippen LogP contribution in [0.25, 0.3) is 10.8 Å². The van der Waals surface area contributed by atoms with Gasteiger partial charge in [0, 0.05) is 5.56 Å². The smallest absolute Gasteiger partial charge is 0.196 e. The molecule has 0 aromatic heterocycles. The number of rotatable bonds is 2. The van der Waals surface area contributed by atoms with E-state index in [4.69, 9.17) is 0 Å². The number of hydrogen-bond donors (Lipinski definition) is 0. The van der Waals surface area contributed by atoms with Crippen molar-refractivity contribution in [3.05, 3.63) is 83.2 Å². The summed E-state index contributed by atoms with van der Waals surface area (Å²) in [5, 5.41) is 1.83. The second-order valence-electron chi connectivity index (χ2n) is 4.84. The molecule has 1 nitrogen and oxygen atoms in total. The first-order valence-electron chi connectivity index (χ1n) is 6.45. The van der Waals surface area contributed by atoms with E-state index in [0.717, 1.165) is 16.3 Å². The van der Waals surface area contributed by atoms with Gasteiger partial charge in [-0.05, 0) is 29.8 Å². The molecule has 0 heterocycles. The van der Waals surface area contributed by atoms with E-state index in [9.17, 15) is 9.18 Å². The number of hydrogen-bond acceptors (Lipinski definition) is 1. The van der Waals surface area contributed by atoms with Gasteiger partial charge in [0.05, 0.1) is 5.56 Å². The third-order valence-electron chi connectivity index (χ3n) is 3.40. The molecule has 0 saturated carbocycles. The molecule has 0 amide bonds. The zero-order valence-corrected chi connectivity index (χ0v) is 11.1. The van der Waals surface area contributed by atoms with Crippen molar-refractivity contribution in [2.45, 2.75) is 6.92 Å². The number of aryl methyl sites for hydroxylation is 1. The van der Waals surface area contributed by atoms with Gasteiger partial charge in [0.1, 0.15) is 5.82 Å². The van der Waals surface area contributed by atoms with Gasteiger partial charge in [0.25, 0.3) is 0 Å². The van der Waals surface area contributed by atoms with Crippen molar-refractivity contribution in [1.82, 2.24) is 0 Å². The van der Waals surface area contributed by atoms with Gasteiger partial charge in [-0.2, -0.15) is 0 Å². The minimum Gasteiger partial charge on any atom is -0.288 e. The third-order valence-corrected chi connectivity index (χ3v) is 3.40. The molecule has 0 aliphatic heterocycles. The van der Waals surface area contributed by atoms with Crippen LogP contribution < -0.4 is 0 Å². The highest BCUT2D eigenvalue weighted by molar-refractivity contribution is 6.16. The molecule has 3 aromatic rings. The average molecular weight is 264 g/mol. The summed E-state index contributed by atoms with van der Waals surface area (Å²) in [6, 6.07) is 17.7. The molecule has 2 heteroatoms. The first-order chi connectivity index (χ1) is 9.66. The van der Waals surface area contributed by atoms with E-state index >= 15 is 0 Å². The van der Waals surface area contributed by atoms with Gasteiger partial charge in [-0.15, -0.1) is 0 Å². The van der Waals surface area contributed by atoms with E-state index in [1.54, 1.807) is 18.2 Å². The van der Waals surface area contributed by atoms with E-state index < -0.39 is 5.82 Å². The van der Waals surface area contributed by atoms with Crippen molar-refractivity contribution >= 4 is 16.6 Å². The average Bonchev–Trinajstić information content (AvgIpc) is 2.48. The van der Waals surface area contributed by atoms with Crippen LogP contribution in [-0.2, 0) is 0 Å². The number of benzene rings is 3. The van der Waals surface area contributed by atoms with Gasteiger partial charge in [0.2, 0.25) is 0 Å². The summed E-state index contributed by atoms with van der Waals surface area (Å²) < 4.78 is 13.9. The summed E-state index contributed by atoms with van der Waals surface area (Å²) in [6.45, 7) is 1.85. The van der Waals surface area contributed by atoms with Gasteiger partial charge in [-0.3, -0.25) is 4.79 Å². The van der Waals surface area contributed by atoms with Crippen molar-refractivity contribution in [2.75, 3.05) is 0 Å². The highest BCUT2D eigenvalue weighted by atomic mass is 19.1. The monoisotopic (exact) mass is 264 g/mol. The Morgan fingerprint density at radius 2 is 1.65 bits per heavy atom. The molecular formula is C18H13FO. The van der Waals surface area contributed by atoms with Crippen LogP contribution in [0.3, 0.4) is 0 Å². The summed E-state index contributed by atoms with van der Waals surface area (Å²) in [5.74, 6) is -0.753. The second-order valence-corrected chi connectivity index (χ2v) is 4.84. The molecule has 0 N–H and O–H groups in total. The molecule has 0 aliphatic rings. The summed E-state index contributed by atoms with van der Waals surface area (Å²) in [6.07, 6.45) is 0. The Hall–Kier alpha value is -2.48. The standard InChI is InChI=1S/C18H13FO/c1-12-9-10-17(19)16(11-12)18(20)15-8-4-6-13-5-2-3-7-14(13)15/h2-11H,1H3. The lowest BCUT2D eigenvalue weighted by molar-refractivity contribution is 0.103. The number of halogens is 1. The van der Waals surface area contributed by atoms with Crippen LogP contribution in [0.2, 0.25) is 0 Å². The van der Waals surface area contributed by atoms with Gasteiger partial charge in [-0.1, -0.05) is 54.1 Å². The number of carbonyl (C=O) groups excluding carboxylic acids is 1. The summed E-state index contributed by atoms with van der Waals surface area (Å²) in [5.41, 5.74) is 1.53. The predicted octanol–water partition coefficient (Wildman–Crippen LogP) is 4.52. The van der Waals surface area contributed by atoms with Crippen LogP contribution in [0.15, 0.2) is 60.7 Å². The minimum absolute atomic E-state index is 0.126. The lowest BCUT2D eigenvalue weighted by Crippen LogP contribution is -2.05. The Balaban J connectivity index is 2.20. The fraction of sp³-hybridized carbons (Fsp3) is 0.0556. The minimum atomic E-state index is -0.478. The zero-order valence-electron chi connectivity index (χ0n) is 11.1. The molecule has 0 radical (unpaired) electrons. The summed E-state index contributed by atoms with van der Waals surface area (Å²) >= 11 is 0. The summed E-state index contributed by atoms with van der Waals surface area (Å²) in [7, 11) is 0. The maximum atomic E-state index is 13.9. The molecule has 0 aliphatic carbocycles. The quantitative estimate of drug-likeness (QED) is 0.622.